The number of hydrogen-bond acceptors (Lipinski definition) is 5. The molecule has 0 fully saturated rings. The summed E-state index contributed by atoms with van der Waals surface area (Å²) in [5.41, 5.74) is 4.38. The molecular formula is C25H23N5O2S. The molecule has 0 spiro atoms. The number of fused-ring (bicyclic) bond motifs is 1. The summed E-state index contributed by atoms with van der Waals surface area (Å²) in [6.45, 7) is 2.61. The van der Waals surface area contributed by atoms with Gasteiger partial charge in [0.1, 0.15) is 0 Å². The van der Waals surface area contributed by atoms with Gasteiger partial charge in [-0.3, -0.25) is 9.36 Å². The van der Waals surface area contributed by atoms with Crippen molar-refractivity contribution in [1.82, 2.24) is 25.1 Å². The van der Waals surface area contributed by atoms with Gasteiger partial charge in [-0.25, -0.2) is 0 Å². The van der Waals surface area contributed by atoms with Gasteiger partial charge in [0.15, 0.2) is 10.9 Å². The molecule has 2 N–H and O–H groups in total. The maximum Gasteiger partial charge on any atom is 0.230 e. The van der Waals surface area contributed by atoms with Crippen molar-refractivity contribution in [3.05, 3.63) is 84.3 Å². The Bertz CT molecular complexity index is 1370. The van der Waals surface area contributed by atoms with Crippen molar-refractivity contribution in [3.63, 3.8) is 0 Å². The number of nitrogens with zero attached hydrogens (tertiary/aromatic N) is 3. The van der Waals surface area contributed by atoms with E-state index < -0.39 is 0 Å². The summed E-state index contributed by atoms with van der Waals surface area (Å²) in [5.74, 6) is 1.43. The van der Waals surface area contributed by atoms with Crippen LogP contribution in [0, 0.1) is 6.92 Å². The van der Waals surface area contributed by atoms with E-state index in [4.69, 9.17) is 4.42 Å². The number of aromatic nitrogens is 4. The second kappa shape index (κ2) is 9.38. The lowest BCUT2D eigenvalue weighted by Gasteiger charge is -2.10. The summed E-state index contributed by atoms with van der Waals surface area (Å²) in [4.78, 5) is 15.8. The van der Waals surface area contributed by atoms with Crippen LogP contribution in [-0.2, 0) is 11.2 Å². The van der Waals surface area contributed by atoms with Crippen LogP contribution in [0.4, 0.5) is 0 Å². The standard InChI is InChI=1S/C25H23N5O2S/c1-17-8-10-19(11-9-17)30-24(22-7-4-14-32-22)28-29-25(30)33-16-23(31)26-13-12-18-15-27-21-6-3-2-5-20(18)21/h2-11,14-15,27H,12-13,16H2,1H3,(H,26,31). The van der Waals surface area contributed by atoms with E-state index in [0.717, 1.165) is 23.2 Å². The molecular weight excluding hydrogens is 434 g/mol. The van der Waals surface area contributed by atoms with E-state index in [1.54, 1.807) is 6.26 Å². The summed E-state index contributed by atoms with van der Waals surface area (Å²) >= 11 is 1.35. The molecule has 33 heavy (non-hydrogen) atoms. The Labute approximate surface area is 195 Å². The number of carbonyl (C=O) groups is 1. The first-order valence-corrected chi connectivity index (χ1v) is 11.7. The number of benzene rings is 2. The van der Waals surface area contributed by atoms with Gasteiger partial charge in [0.05, 0.1) is 12.0 Å². The zero-order chi connectivity index (χ0) is 22.6. The molecule has 1 amide bonds. The number of H-pyrrole nitrogens is 1. The summed E-state index contributed by atoms with van der Waals surface area (Å²) < 4.78 is 7.47. The minimum Gasteiger partial charge on any atom is -0.461 e. The molecule has 0 saturated heterocycles. The van der Waals surface area contributed by atoms with Gasteiger partial charge in [-0.1, -0.05) is 47.7 Å². The molecule has 0 aliphatic heterocycles. The first-order chi connectivity index (χ1) is 16.2. The van der Waals surface area contributed by atoms with Crippen LogP contribution in [0.15, 0.2) is 82.7 Å². The topological polar surface area (TPSA) is 88.7 Å². The van der Waals surface area contributed by atoms with Crippen molar-refractivity contribution in [2.75, 3.05) is 12.3 Å². The van der Waals surface area contributed by atoms with E-state index >= 15 is 0 Å². The average molecular weight is 458 g/mol. The smallest absolute Gasteiger partial charge is 0.230 e. The van der Waals surface area contributed by atoms with Crippen molar-refractivity contribution in [2.24, 2.45) is 0 Å². The predicted molar refractivity (Wildman–Crippen MR) is 130 cm³/mol. The maximum absolute atomic E-state index is 12.5. The molecule has 166 valence electrons. The molecule has 0 aliphatic rings. The van der Waals surface area contributed by atoms with Gasteiger partial charge in [0.25, 0.3) is 0 Å². The van der Waals surface area contributed by atoms with Gasteiger partial charge >= 0.3 is 0 Å². The van der Waals surface area contributed by atoms with Crippen molar-refractivity contribution in [3.8, 4) is 17.3 Å². The average Bonchev–Trinajstić information content (AvgIpc) is 3.58. The van der Waals surface area contributed by atoms with Crippen molar-refractivity contribution < 1.29 is 9.21 Å². The Balaban J connectivity index is 1.25. The largest absolute Gasteiger partial charge is 0.461 e. The van der Waals surface area contributed by atoms with Gasteiger partial charge in [-0.05, 0) is 49.2 Å². The van der Waals surface area contributed by atoms with E-state index in [1.165, 1.54) is 22.7 Å². The number of amides is 1. The number of aromatic amines is 1. The lowest BCUT2D eigenvalue weighted by molar-refractivity contribution is -0.118. The van der Waals surface area contributed by atoms with Crippen molar-refractivity contribution in [1.29, 1.82) is 0 Å². The predicted octanol–water partition coefficient (Wildman–Crippen LogP) is 4.77. The molecule has 0 atom stereocenters. The Kier molecular flexibility index (Phi) is 5.99. The zero-order valence-corrected chi connectivity index (χ0v) is 18.9. The van der Waals surface area contributed by atoms with Crippen LogP contribution in [0.1, 0.15) is 11.1 Å². The Morgan fingerprint density at radius 2 is 1.94 bits per heavy atom. The number of nitrogens with one attached hydrogen (secondary N) is 2. The summed E-state index contributed by atoms with van der Waals surface area (Å²) in [6, 6.07) is 19.9. The van der Waals surface area contributed by atoms with Crippen LogP contribution in [0.25, 0.3) is 28.2 Å². The van der Waals surface area contributed by atoms with E-state index in [1.807, 2.05) is 66.2 Å². The third-order valence-corrected chi connectivity index (χ3v) is 6.32. The third-order valence-electron chi connectivity index (χ3n) is 5.39. The number of rotatable bonds is 8. The molecule has 8 heteroatoms. The molecule has 0 unspecified atom stereocenters. The fraction of sp³-hybridized carbons (Fsp3) is 0.160. The summed E-state index contributed by atoms with van der Waals surface area (Å²) in [5, 5.41) is 13.5. The van der Waals surface area contributed by atoms with Gasteiger partial charge in [-0.2, -0.15) is 0 Å². The number of para-hydroxylation sites is 1. The third kappa shape index (κ3) is 4.56. The number of thioether (sulfide) groups is 1. The molecule has 3 aromatic heterocycles. The van der Waals surface area contributed by atoms with E-state index in [9.17, 15) is 4.79 Å². The summed E-state index contributed by atoms with van der Waals surface area (Å²) in [6.07, 6.45) is 4.38. The SMILES string of the molecule is Cc1ccc(-n2c(SCC(=O)NCCc3c[nH]c4ccccc34)nnc2-c2ccco2)cc1. The molecule has 0 aliphatic carbocycles. The number of furan rings is 1. The van der Waals surface area contributed by atoms with E-state index in [2.05, 4.69) is 32.6 Å². The normalized spacial score (nSPS) is 11.2. The second-order valence-electron chi connectivity index (χ2n) is 7.70. The van der Waals surface area contributed by atoms with Gasteiger partial charge in [-0.15, -0.1) is 10.2 Å². The molecule has 7 nitrogen and oxygen atoms in total. The zero-order valence-electron chi connectivity index (χ0n) is 18.1. The number of carbonyl (C=O) groups excluding carboxylic acids is 1. The molecule has 5 aromatic rings. The second-order valence-corrected chi connectivity index (χ2v) is 8.65. The van der Waals surface area contributed by atoms with Crippen LogP contribution in [-0.4, -0.2) is 38.0 Å². The lowest BCUT2D eigenvalue weighted by Crippen LogP contribution is -2.27. The van der Waals surface area contributed by atoms with E-state index in [0.29, 0.717) is 23.3 Å². The first-order valence-electron chi connectivity index (χ1n) is 10.7. The first kappa shape index (κ1) is 21.1. The van der Waals surface area contributed by atoms with Crippen LogP contribution < -0.4 is 5.32 Å². The van der Waals surface area contributed by atoms with Crippen LogP contribution >= 0.6 is 11.8 Å². The Morgan fingerprint density at radius 3 is 2.76 bits per heavy atom. The molecule has 2 aromatic carbocycles. The quantitative estimate of drug-likeness (QED) is 0.328. The Morgan fingerprint density at radius 1 is 1.09 bits per heavy atom. The molecule has 0 saturated carbocycles. The minimum absolute atomic E-state index is 0.0437. The van der Waals surface area contributed by atoms with Gasteiger partial charge in [0.2, 0.25) is 11.7 Å². The summed E-state index contributed by atoms with van der Waals surface area (Å²) in [7, 11) is 0. The highest BCUT2D eigenvalue weighted by molar-refractivity contribution is 7.99. The van der Waals surface area contributed by atoms with Gasteiger partial charge < -0.3 is 14.7 Å². The minimum atomic E-state index is -0.0437. The van der Waals surface area contributed by atoms with Crippen LogP contribution in [0.5, 0.6) is 0 Å². The number of aryl methyl sites for hydroxylation is 1. The van der Waals surface area contributed by atoms with Gasteiger partial charge in [0, 0.05) is 29.3 Å². The lowest BCUT2D eigenvalue weighted by atomic mass is 10.1. The molecule has 5 rings (SSSR count). The van der Waals surface area contributed by atoms with Crippen molar-refractivity contribution >= 4 is 28.6 Å². The maximum atomic E-state index is 12.5. The van der Waals surface area contributed by atoms with Crippen LogP contribution in [0.2, 0.25) is 0 Å². The highest BCUT2D eigenvalue weighted by atomic mass is 32.2. The van der Waals surface area contributed by atoms with E-state index in [-0.39, 0.29) is 11.7 Å². The fourth-order valence-electron chi connectivity index (χ4n) is 3.71. The monoisotopic (exact) mass is 457 g/mol. The fourth-order valence-corrected chi connectivity index (χ4v) is 4.49. The molecule has 0 radical (unpaired) electrons. The highest BCUT2D eigenvalue weighted by Gasteiger charge is 2.19. The Hall–Kier alpha value is -3.78. The highest BCUT2D eigenvalue weighted by Crippen LogP contribution is 2.28. The molecule has 0 bridgehead atoms. The molecule has 3 heterocycles. The number of hydrogen-bond donors (Lipinski definition) is 2. The van der Waals surface area contributed by atoms with Crippen molar-refractivity contribution in [2.45, 2.75) is 18.5 Å². The van der Waals surface area contributed by atoms with Crippen LogP contribution in [0.3, 0.4) is 0 Å².